The van der Waals surface area contributed by atoms with Gasteiger partial charge in [-0.2, -0.15) is 13.2 Å². The molecule has 0 unspecified atom stereocenters. The van der Waals surface area contributed by atoms with E-state index in [4.69, 9.17) is 10.5 Å². The van der Waals surface area contributed by atoms with Crippen molar-refractivity contribution in [2.24, 2.45) is 0 Å². The lowest BCUT2D eigenvalue weighted by molar-refractivity contribution is -0.274. The van der Waals surface area contributed by atoms with E-state index in [1.807, 2.05) is 5.32 Å². The minimum atomic E-state index is -5.26. The molecule has 0 spiro atoms. The first-order valence-electron chi connectivity index (χ1n) is 9.73. The molecule has 3 aromatic rings. The highest BCUT2D eigenvalue weighted by atomic mass is 79.9. The molecular weight excluding hydrogens is 606 g/mol. The molecule has 1 aliphatic rings. The number of carbonyl (C=O) groups is 2. The van der Waals surface area contributed by atoms with Crippen molar-refractivity contribution in [2.75, 3.05) is 5.73 Å². The molecule has 0 bridgehead atoms. The molecule has 0 atom stereocenters. The van der Waals surface area contributed by atoms with Gasteiger partial charge in [0.15, 0.2) is 23.1 Å². The fourth-order valence-electron chi connectivity index (χ4n) is 3.47. The normalized spacial score (nSPS) is 13.4. The molecule has 0 fully saturated rings. The zero-order chi connectivity index (χ0) is 28.3. The van der Waals surface area contributed by atoms with Crippen molar-refractivity contribution in [1.29, 1.82) is 0 Å². The Bertz CT molecular complexity index is 1560. The van der Waals surface area contributed by atoms with Crippen molar-refractivity contribution in [3.63, 3.8) is 0 Å². The number of amides is 2. The molecule has 8 nitrogen and oxygen atoms in total. The summed E-state index contributed by atoms with van der Waals surface area (Å²) in [5.74, 6) is -9.82. The summed E-state index contributed by atoms with van der Waals surface area (Å²) in [6.45, 7) is 0. The molecule has 2 aromatic carbocycles. The van der Waals surface area contributed by atoms with Crippen molar-refractivity contribution < 1.29 is 54.2 Å². The molecule has 0 saturated heterocycles. The number of hydrogen-bond donors (Lipinski definition) is 2. The number of nitrogen functional groups attached to an aromatic ring is 1. The maximum atomic E-state index is 14.5. The second-order valence-corrected chi connectivity index (χ2v) is 8.30. The van der Waals surface area contributed by atoms with Gasteiger partial charge in [0.25, 0.3) is 17.4 Å². The highest BCUT2D eigenvalue weighted by Crippen LogP contribution is 2.43. The number of benzene rings is 2. The number of imide groups is 1. The Labute approximate surface area is 212 Å². The summed E-state index contributed by atoms with van der Waals surface area (Å²) in [5, 5.41) is 1.85. The first-order chi connectivity index (χ1) is 17.5. The van der Waals surface area contributed by atoms with Crippen molar-refractivity contribution in [2.45, 2.75) is 12.5 Å². The van der Waals surface area contributed by atoms with E-state index in [2.05, 4.69) is 20.7 Å². The van der Waals surface area contributed by atoms with Gasteiger partial charge in [-0.1, -0.05) is 0 Å². The molecule has 0 radical (unpaired) electrons. The SMILES string of the molecule is Nc1c2c(cc(=O)n1-c1cc(OC(F)(F)F)cc(Br)c1Oc1c(F)cc(C(F)(F)F)cc1F)C(=O)NC2=O. The van der Waals surface area contributed by atoms with E-state index in [-0.39, 0.29) is 12.1 Å². The van der Waals surface area contributed by atoms with Gasteiger partial charge in [0.1, 0.15) is 11.6 Å². The average Bonchev–Trinajstić information content (AvgIpc) is 3.03. The van der Waals surface area contributed by atoms with Crippen LogP contribution in [0, 0.1) is 11.6 Å². The van der Waals surface area contributed by atoms with Crippen LogP contribution in [0.3, 0.4) is 0 Å². The molecule has 0 saturated carbocycles. The number of anilines is 1. The number of halogens is 9. The van der Waals surface area contributed by atoms with Gasteiger partial charge in [-0.15, -0.1) is 13.2 Å². The van der Waals surface area contributed by atoms with Crippen molar-refractivity contribution in [3.05, 3.63) is 73.5 Å². The molecule has 38 heavy (non-hydrogen) atoms. The number of nitrogens with one attached hydrogen (secondary N) is 1. The molecule has 4 rings (SSSR count). The average molecular weight is 614 g/mol. The highest BCUT2D eigenvalue weighted by Gasteiger charge is 2.36. The number of carbonyl (C=O) groups excluding carboxylic acids is 2. The zero-order valence-electron chi connectivity index (χ0n) is 17.9. The molecule has 3 N–H and O–H groups in total. The number of hydrogen-bond acceptors (Lipinski definition) is 6. The van der Waals surface area contributed by atoms with Crippen molar-refractivity contribution >= 4 is 33.6 Å². The van der Waals surface area contributed by atoms with E-state index >= 15 is 0 Å². The van der Waals surface area contributed by atoms with E-state index in [0.717, 1.165) is 0 Å². The fourth-order valence-corrected chi connectivity index (χ4v) is 3.98. The second-order valence-electron chi connectivity index (χ2n) is 7.45. The molecular formula is C21H8BrF8N3O5. The summed E-state index contributed by atoms with van der Waals surface area (Å²) < 4.78 is 115. The Morgan fingerprint density at radius 2 is 1.47 bits per heavy atom. The van der Waals surface area contributed by atoms with Crippen LogP contribution >= 0.6 is 15.9 Å². The third-order valence-electron chi connectivity index (χ3n) is 4.96. The van der Waals surface area contributed by atoms with Gasteiger partial charge in [-0.05, 0) is 34.1 Å². The minimum Gasteiger partial charge on any atom is -0.448 e. The van der Waals surface area contributed by atoms with Crippen LogP contribution in [0.1, 0.15) is 26.3 Å². The Hall–Kier alpha value is -4.15. The Morgan fingerprint density at radius 3 is 2.03 bits per heavy atom. The third-order valence-corrected chi connectivity index (χ3v) is 5.54. The number of ether oxygens (including phenoxy) is 2. The zero-order valence-corrected chi connectivity index (χ0v) is 19.4. The number of rotatable bonds is 4. The molecule has 2 heterocycles. The maximum Gasteiger partial charge on any atom is 0.573 e. The lowest BCUT2D eigenvalue weighted by atomic mass is 10.1. The van der Waals surface area contributed by atoms with E-state index in [1.54, 1.807) is 0 Å². The van der Waals surface area contributed by atoms with E-state index in [0.29, 0.717) is 22.8 Å². The summed E-state index contributed by atoms with van der Waals surface area (Å²) in [7, 11) is 0. The largest absolute Gasteiger partial charge is 0.573 e. The highest BCUT2D eigenvalue weighted by molar-refractivity contribution is 9.10. The second kappa shape index (κ2) is 9.00. The van der Waals surface area contributed by atoms with Gasteiger partial charge in [-0.3, -0.25) is 24.3 Å². The van der Waals surface area contributed by atoms with Gasteiger partial charge in [0, 0.05) is 12.1 Å². The smallest absolute Gasteiger partial charge is 0.448 e. The topological polar surface area (TPSA) is 113 Å². The maximum absolute atomic E-state index is 14.5. The Morgan fingerprint density at radius 1 is 0.868 bits per heavy atom. The van der Waals surface area contributed by atoms with E-state index < -0.39 is 91.5 Å². The van der Waals surface area contributed by atoms with Crippen LogP contribution < -0.4 is 26.1 Å². The Balaban J connectivity index is 1.98. The van der Waals surface area contributed by atoms with E-state index in [1.165, 1.54) is 0 Å². The van der Waals surface area contributed by atoms with Gasteiger partial charge < -0.3 is 15.2 Å². The van der Waals surface area contributed by atoms with Crippen LogP contribution in [0.25, 0.3) is 5.69 Å². The lowest BCUT2D eigenvalue weighted by Gasteiger charge is -2.20. The van der Waals surface area contributed by atoms with Crippen LogP contribution in [0.2, 0.25) is 0 Å². The van der Waals surface area contributed by atoms with Gasteiger partial charge in [0.2, 0.25) is 0 Å². The summed E-state index contributed by atoms with van der Waals surface area (Å²) >= 11 is 2.80. The lowest BCUT2D eigenvalue weighted by Crippen LogP contribution is -2.25. The van der Waals surface area contributed by atoms with E-state index in [9.17, 15) is 49.5 Å². The number of fused-ring (bicyclic) bond motifs is 1. The van der Waals surface area contributed by atoms with Gasteiger partial charge >= 0.3 is 12.5 Å². The number of pyridine rings is 1. The predicted octanol–water partition coefficient (Wildman–Crippen LogP) is 5.05. The first-order valence-corrected chi connectivity index (χ1v) is 10.5. The molecule has 17 heteroatoms. The fraction of sp³-hybridized carbons (Fsp3) is 0.0952. The number of nitrogens with two attached hydrogens (primary N) is 1. The van der Waals surface area contributed by atoms with Crippen LogP contribution in [0.5, 0.6) is 17.2 Å². The Kier molecular flexibility index (Phi) is 6.37. The number of aromatic nitrogens is 1. The molecule has 0 aliphatic carbocycles. The summed E-state index contributed by atoms with van der Waals surface area (Å²) in [6.07, 6.45) is -10.4. The third kappa shape index (κ3) is 4.88. The molecule has 200 valence electrons. The quantitative estimate of drug-likeness (QED) is 0.314. The van der Waals surface area contributed by atoms with Crippen LogP contribution in [0.15, 0.2) is 39.6 Å². The van der Waals surface area contributed by atoms with Gasteiger partial charge in [0.05, 0.1) is 26.9 Å². The van der Waals surface area contributed by atoms with Crippen LogP contribution in [0.4, 0.5) is 40.9 Å². The minimum absolute atomic E-state index is 0.0982. The number of alkyl halides is 6. The van der Waals surface area contributed by atoms with Gasteiger partial charge in [-0.25, -0.2) is 8.78 Å². The molecule has 1 aromatic heterocycles. The van der Waals surface area contributed by atoms with Crippen LogP contribution in [-0.4, -0.2) is 22.7 Å². The standard InChI is InChI=1S/C21H8BrF8N3O5/c22-9-3-7(38-21(28,29)30)4-12(33-13(34)5-8-14(17(33)31)19(36)32-18(8)35)15(9)37-16-10(23)1-6(2-11(16)24)20(25,26)27/h1-5H,31H2,(H,32,35,36). The predicted molar refractivity (Wildman–Crippen MR) is 114 cm³/mol. The molecule has 1 aliphatic heterocycles. The summed E-state index contributed by atoms with van der Waals surface area (Å²) in [5.41, 5.74) is 1.16. The first kappa shape index (κ1) is 26.9. The summed E-state index contributed by atoms with van der Waals surface area (Å²) in [6, 6.07) is 1.52. The van der Waals surface area contributed by atoms with Crippen molar-refractivity contribution in [1.82, 2.24) is 9.88 Å². The van der Waals surface area contributed by atoms with Crippen molar-refractivity contribution in [3.8, 4) is 22.9 Å². The monoisotopic (exact) mass is 613 g/mol. The summed E-state index contributed by atoms with van der Waals surface area (Å²) in [4.78, 5) is 36.9. The van der Waals surface area contributed by atoms with Crippen LogP contribution in [-0.2, 0) is 6.18 Å². The number of nitrogens with zero attached hydrogens (tertiary/aromatic N) is 1. The molecule has 2 amide bonds.